The molecule has 1 N–H and O–H groups in total. The Balaban J connectivity index is 2.34. The minimum atomic E-state index is -0.641. The third-order valence-corrected chi connectivity index (χ3v) is 3.86. The molecule has 6 heteroatoms. The van der Waals surface area contributed by atoms with E-state index in [0.29, 0.717) is 11.4 Å². The molecular formula is C12H11N3O2S. The van der Waals surface area contributed by atoms with E-state index >= 15 is 0 Å². The van der Waals surface area contributed by atoms with Gasteiger partial charge in [-0.15, -0.1) is 11.8 Å². The van der Waals surface area contributed by atoms with Gasteiger partial charge in [0, 0.05) is 17.6 Å². The lowest BCUT2D eigenvalue weighted by molar-refractivity contribution is -0.115. The van der Waals surface area contributed by atoms with E-state index in [-0.39, 0.29) is 11.2 Å². The van der Waals surface area contributed by atoms with E-state index < -0.39 is 5.91 Å². The minimum absolute atomic E-state index is 0.0566. The van der Waals surface area contributed by atoms with Gasteiger partial charge in [-0.05, 0) is 25.1 Å². The number of anilines is 2. The summed E-state index contributed by atoms with van der Waals surface area (Å²) in [6.07, 6.45) is 0. The molecule has 2 rings (SSSR count). The average Bonchev–Trinajstić information content (AvgIpc) is 2.37. The predicted molar refractivity (Wildman–Crippen MR) is 69.4 cm³/mol. The Morgan fingerprint density at radius 1 is 1.56 bits per heavy atom. The summed E-state index contributed by atoms with van der Waals surface area (Å²) < 4.78 is 0. The van der Waals surface area contributed by atoms with E-state index in [9.17, 15) is 9.59 Å². The van der Waals surface area contributed by atoms with Gasteiger partial charge in [-0.1, -0.05) is 0 Å². The van der Waals surface area contributed by atoms with Crippen molar-refractivity contribution in [2.24, 2.45) is 0 Å². The standard InChI is InChI=1S/C12H11N3O2S/c1-7-12(17)14-9-5-8(3-4-10(9)18-7)15(2)11(16)6-13/h3-5,7H,1-2H3,(H,14,17). The van der Waals surface area contributed by atoms with Gasteiger partial charge >= 0.3 is 5.91 Å². The molecule has 1 heterocycles. The van der Waals surface area contributed by atoms with Gasteiger partial charge in [-0.25, -0.2) is 0 Å². The largest absolute Gasteiger partial charge is 0.329 e. The van der Waals surface area contributed by atoms with E-state index in [1.54, 1.807) is 18.2 Å². The highest BCUT2D eigenvalue weighted by Gasteiger charge is 2.23. The Bertz CT molecular complexity index is 565. The molecule has 1 atom stereocenters. The first-order chi connectivity index (χ1) is 8.52. The zero-order valence-electron chi connectivity index (χ0n) is 9.93. The second-order valence-corrected chi connectivity index (χ2v) is 5.29. The number of nitrogens with one attached hydrogen (secondary N) is 1. The van der Waals surface area contributed by atoms with Crippen LogP contribution in [0.2, 0.25) is 0 Å². The van der Waals surface area contributed by atoms with Gasteiger partial charge in [0.2, 0.25) is 5.91 Å². The van der Waals surface area contributed by atoms with Crippen molar-refractivity contribution in [1.29, 1.82) is 5.26 Å². The number of thioether (sulfide) groups is 1. The van der Waals surface area contributed by atoms with Gasteiger partial charge in [0.25, 0.3) is 0 Å². The number of fused-ring (bicyclic) bond motifs is 1. The van der Waals surface area contributed by atoms with Gasteiger partial charge < -0.3 is 10.2 Å². The molecule has 0 aliphatic carbocycles. The van der Waals surface area contributed by atoms with Crippen LogP contribution >= 0.6 is 11.8 Å². The molecule has 1 unspecified atom stereocenters. The van der Waals surface area contributed by atoms with Crippen molar-refractivity contribution in [3.63, 3.8) is 0 Å². The van der Waals surface area contributed by atoms with Crippen LogP contribution in [0.4, 0.5) is 11.4 Å². The molecule has 18 heavy (non-hydrogen) atoms. The number of hydrogen-bond donors (Lipinski definition) is 1. The first-order valence-electron chi connectivity index (χ1n) is 5.32. The molecule has 0 radical (unpaired) electrons. The number of rotatable bonds is 1. The molecule has 1 aromatic rings. The fraction of sp³-hybridized carbons (Fsp3) is 0.250. The van der Waals surface area contributed by atoms with Crippen LogP contribution in [0.15, 0.2) is 23.1 Å². The third-order valence-electron chi connectivity index (χ3n) is 2.68. The topological polar surface area (TPSA) is 73.2 Å². The van der Waals surface area contributed by atoms with Crippen molar-refractivity contribution in [1.82, 2.24) is 0 Å². The molecule has 92 valence electrons. The maximum Gasteiger partial charge on any atom is 0.329 e. The van der Waals surface area contributed by atoms with Gasteiger partial charge in [0.05, 0.1) is 10.9 Å². The Morgan fingerprint density at radius 3 is 2.94 bits per heavy atom. The molecule has 0 fully saturated rings. The first kappa shape index (κ1) is 12.5. The van der Waals surface area contributed by atoms with Crippen molar-refractivity contribution in [2.45, 2.75) is 17.1 Å². The van der Waals surface area contributed by atoms with E-state index in [1.165, 1.54) is 23.7 Å². The maximum atomic E-state index is 11.6. The smallest absolute Gasteiger partial charge is 0.324 e. The Morgan fingerprint density at radius 2 is 2.28 bits per heavy atom. The Labute approximate surface area is 109 Å². The zero-order chi connectivity index (χ0) is 13.3. The average molecular weight is 261 g/mol. The zero-order valence-corrected chi connectivity index (χ0v) is 10.7. The second kappa shape index (κ2) is 4.70. The van der Waals surface area contributed by atoms with Crippen molar-refractivity contribution in [2.75, 3.05) is 17.3 Å². The fourth-order valence-electron chi connectivity index (χ4n) is 1.60. The number of nitrogens with zero attached hydrogens (tertiary/aromatic N) is 2. The lowest BCUT2D eigenvalue weighted by Crippen LogP contribution is -2.28. The molecule has 0 saturated heterocycles. The van der Waals surface area contributed by atoms with E-state index in [1.807, 2.05) is 13.0 Å². The summed E-state index contributed by atoms with van der Waals surface area (Å²) in [6.45, 7) is 1.84. The van der Waals surface area contributed by atoms with Crippen LogP contribution in [0, 0.1) is 11.3 Å². The number of hydrogen-bond acceptors (Lipinski definition) is 4. The lowest BCUT2D eigenvalue weighted by atomic mass is 10.2. The van der Waals surface area contributed by atoms with Gasteiger partial charge in [0.15, 0.2) is 6.07 Å². The SMILES string of the molecule is CC1Sc2ccc(N(C)C(=O)C#N)cc2NC1=O. The summed E-state index contributed by atoms with van der Waals surface area (Å²) in [5, 5.41) is 11.2. The van der Waals surface area contributed by atoms with Gasteiger partial charge in [-0.2, -0.15) is 5.26 Å². The van der Waals surface area contributed by atoms with Crippen LogP contribution in [0.5, 0.6) is 0 Å². The fourth-order valence-corrected chi connectivity index (χ4v) is 2.53. The van der Waals surface area contributed by atoms with Crippen molar-refractivity contribution in [3.05, 3.63) is 18.2 Å². The van der Waals surface area contributed by atoms with Crippen LogP contribution in [0.25, 0.3) is 0 Å². The van der Waals surface area contributed by atoms with Gasteiger partial charge in [0.1, 0.15) is 0 Å². The summed E-state index contributed by atoms with van der Waals surface area (Å²) in [6, 6.07) is 6.84. The van der Waals surface area contributed by atoms with Crippen molar-refractivity contribution >= 4 is 35.0 Å². The normalized spacial score (nSPS) is 17.4. The molecule has 0 saturated carbocycles. The summed E-state index contributed by atoms with van der Waals surface area (Å²) in [5.74, 6) is -0.697. The van der Waals surface area contributed by atoms with Gasteiger partial charge in [-0.3, -0.25) is 9.59 Å². The van der Waals surface area contributed by atoms with E-state index in [4.69, 9.17) is 5.26 Å². The van der Waals surface area contributed by atoms with Crippen LogP contribution in [-0.4, -0.2) is 24.1 Å². The molecule has 0 spiro atoms. The highest BCUT2D eigenvalue weighted by Crippen LogP contribution is 2.37. The highest BCUT2D eigenvalue weighted by atomic mass is 32.2. The molecular weight excluding hydrogens is 250 g/mol. The van der Waals surface area contributed by atoms with Crippen molar-refractivity contribution < 1.29 is 9.59 Å². The molecule has 1 aliphatic heterocycles. The Kier molecular flexibility index (Phi) is 3.26. The monoisotopic (exact) mass is 261 g/mol. The maximum absolute atomic E-state index is 11.6. The molecule has 5 nitrogen and oxygen atoms in total. The summed E-state index contributed by atoms with van der Waals surface area (Å²) in [4.78, 5) is 25.0. The van der Waals surface area contributed by atoms with E-state index in [2.05, 4.69) is 5.32 Å². The summed E-state index contributed by atoms with van der Waals surface area (Å²) >= 11 is 1.47. The van der Waals surface area contributed by atoms with Crippen LogP contribution in [0.3, 0.4) is 0 Å². The molecule has 0 bridgehead atoms. The summed E-state index contributed by atoms with van der Waals surface area (Å²) in [7, 11) is 1.52. The number of benzene rings is 1. The number of carbonyl (C=O) groups is 2. The van der Waals surface area contributed by atoms with Crippen LogP contribution in [-0.2, 0) is 9.59 Å². The number of amides is 2. The molecule has 1 aliphatic rings. The second-order valence-electron chi connectivity index (χ2n) is 3.91. The quantitative estimate of drug-likeness (QED) is 0.779. The van der Waals surface area contributed by atoms with Crippen molar-refractivity contribution in [3.8, 4) is 6.07 Å². The number of nitriles is 1. The molecule has 1 aromatic carbocycles. The minimum Gasteiger partial charge on any atom is -0.324 e. The number of carbonyl (C=O) groups excluding carboxylic acids is 2. The predicted octanol–water partition coefficient (Wildman–Crippen LogP) is 1.61. The highest BCUT2D eigenvalue weighted by molar-refractivity contribution is 8.00. The molecule has 2 amide bonds. The first-order valence-corrected chi connectivity index (χ1v) is 6.20. The lowest BCUT2D eigenvalue weighted by Gasteiger charge is -2.23. The summed E-state index contributed by atoms with van der Waals surface area (Å²) in [5.41, 5.74) is 1.26. The molecule has 0 aromatic heterocycles. The third kappa shape index (κ3) is 2.17. The van der Waals surface area contributed by atoms with Crippen LogP contribution < -0.4 is 10.2 Å². The van der Waals surface area contributed by atoms with E-state index in [0.717, 1.165) is 4.90 Å². The van der Waals surface area contributed by atoms with Crippen LogP contribution in [0.1, 0.15) is 6.92 Å². The Hall–Kier alpha value is -2.00.